The lowest BCUT2D eigenvalue weighted by molar-refractivity contribution is -0.384. The Morgan fingerprint density at radius 2 is 1.87 bits per heavy atom. The van der Waals surface area contributed by atoms with E-state index in [4.69, 9.17) is 11.6 Å². The molecule has 1 aliphatic heterocycles. The Bertz CT molecular complexity index is 1020. The van der Waals surface area contributed by atoms with Crippen molar-refractivity contribution >= 4 is 46.4 Å². The summed E-state index contributed by atoms with van der Waals surface area (Å²) in [4.78, 5) is 47.9. The fourth-order valence-electron chi connectivity index (χ4n) is 3.03. The zero-order valence-electron chi connectivity index (χ0n) is 16.1. The largest absolute Gasteiger partial charge is 0.383 e. The summed E-state index contributed by atoms with van der Waals surface area (Å²) in [5.41, 5.74) is 1.45. The molecule has 1 fully saturated rings. The number of benzene rings is 2. The van der Waals surface area contributed by atoms with Gasteiger partial charge >= 0.3 is 0 Å². The van der Waals surface area contributed by atoms with E-state index in [1.165, 1.54) is 18.2 Å². The van der Waals surface area contributed by atoms with Crippen LogP contribution in [-0.4, -0.2) is 40.6 Å². The van der Waals surface area contributed by atoms with Crippen LogP contribution in [0.2, 0.25) is 5.02 Å². The smallest absolute Gasteiger partial charge is 0.270 e. The van der Waals surface area contributed by atoms with Crippen molar-refractivity contribution in [2.45, 2.75) is 19.8 Å². The molecule has 30 heavy (non-hydrogen) atoms. The quantitative estimate of drug-likeness (QED) is 0.394. The summed E-state index contributed by atoms with van der Waals surface area (Å²) >= 11 is 6.08. The third-order valence-corrected chi connectivity index (χ3v) is 5.10. The van der Waals surface area contributed by atoms with Gasteiger partial charge in [-0.2, -0.15) is 0 Å². The van der Waals surface area contributed by atoms with Gasteiger partial charge in [0.1, 0.15) is 0 Å². The van der Waals surface area contributed by atoms with E-state index in [9.17, 15) is 24.5 Å². The molecule has 0 bridgehead atoms. The summed E-state index contributed by atoms with van der Waals surface area (Å²) in [7, 11) is 0. The molecule has 1 heterocycles. The fraction of sp³-hybridized carbons (Fsp3) is 0.250. The molecule has 10 heteroatoms. The lowest BCUT2D eigenvalue weighted by atomic mass is 10.1. The number of hydrogen-bond acceptors (Lipinski definition) is 6. The fourth-order valence-corrected chi connectivity index (χ4v) is 3.21. The molecular formula is C20H19ClN4O5. The van der Waals surface area contributed by atoms with Crippen LogP contribution in [0, 0.1) is 17.0 Å². The monoisotopic (exact) mass is 430 g/mol. The van der Waals surface area contributed by atoms with E-state index < -0.39 is 10.8 Å². The Labute approximate surface area is 177 Å². The van der Waals surface area contributed by atoms with Gasteiger partial charge in [0.05, 0.1) is 10.5 Å². The maximum Gasteiger partial charge on any atom is 0.270 e. The first-order valence-electron chi connectivity index (χ1n) is 9.19. The van der Waals surface area contributed by atoms with Gasteiger partial charge < -0.3 is 10.6 Å². The number of rotatable bonds is 7. The van der Waals surface area contributed by atoms with E-state index in [-0.39, 0.29) is 49.0 Å². The number of nitro groups is 1. The van der Waals surface area contributed by atoms with Crippen molar-refractivity contribution in [1.29, 1.82) is 0 Å². The number of anilines is 2. The van der Waals surface area contributed by atoms with Crippen molar-refractivity contribution in [1.82, 2.24) is 4.90 Å². The molecule has 2 aromatic rings. The Morgan fingerprint density at radius 3 is 2.50 bits per heavy atom. The second-order valence-corrected chi connectivity index (χ2v) is 7.18. The van der Waals surface area contributed by atoms with Crippen LogP contribution in [0.1, 0.15) is 28.8 Å². The maximum absolute atomic E-state index is 12.8. The number of nitrogens with zero attached hydrogens (tertiary/aromatic N) is 2. The molecule has 0 spiro atoms. The Kier molecular flexibility index (Phi) is 6.31. The number of imide groups is 1. The molecular weight excluding hydrogens is 412 g/mol. The third-order valence-electron chi connectivity index (χ3n) is 4.69. The van der Waals surface area contributed by atoms with Crippen LogP contribution in [0.15, 0.2) is 36.4 Å². The zero-order valence-corrected chi connectivity index (χ0v) is 16.9. The Balaban J connectivity index is 1.78. The van der Waals surface area contributed by atoms with Crippen LogP contribution >= 0.6 is 11.6 Å². The van der Waals surface area contributed by atoms with E-state index in [0.717, 1.165) is 10.5 Å². The van der Waals surface area contributed by atoms with E-state index in [2.05, 4.69) is 10.6 Å². The van der Waals surface area contributed by atoms with Gasteiger partial charge in [-0.05, 0) is 30.7 Å². The standard InChI is InChI=1S/C20H19ClN4O5/c1-12-2-3-13(10-16(12)21)23-20(28)15-11-14(25(29)30)4-5-17(15)22-8-9-24-18(26)6-7-19(24)27/h2-5,10-11,22H,6-9H2,1H3,(H,23,28). The summed E-state index contributed by atoms with van der Waals surface area (Å²) in [5, 5.41) is 17.3. The van der Waals surface area contributed by atoms with Gasteiger partial charge in [0, 0.05) is 54.5 Å². The third kappa shape index (κ3) is 4.74. The Hall–Kier alpha value is -3.46. The molecule has 0 saturated carbocycles. The van der Waals surface area contributed by atoms with Crippen molar-refractivity contribution in [2.24, 2.45) is 0 Å². The van der Waals surface area contributed by atoms with Crippen LogP contribution in [0.5, 0.6) is 0 Å². The minimum Gasteiger partial charge on any atom is -0.383 e. The number of carbonyl (C=O) groups is 3. The minimum absolute atomic E-state index is 0.0555. The number of carbonyl (C=O) groups excluding carboxylic acids is 3. The first-order valence-corrected chi connectivity index (χ1v) is 9.57. The average molecular weight is 431 g/mol. The number of nitro benzene ring substituents is 1. The van der Waals surface area contributed by atoms with Crippen molar-refractivity contribution < 1.29 is 19.3 Å². The summed E-state index contributed by atoms with van der Waals surface area (Å²) in [6.07, 6.45) is 0.395. The molecule has 2 N–H and O–H groups in total. The van der Waals surface area contributed by atoms with Gasteiger partial charge in [-0.3, -0.25) is 29.4 Å². The van der Waals surface area contributed by atoms with Crippen molar-refractivity contribution in [3.05, 3.63) is 62.7 Å². The van der Waals surface area contributed by atoms with E-state index in [0.29, 0.717) is 16.4 Å². The van der Waals surface area contributed by atoms with Gasteiger partial charge in [0.25, 0.3) is 11.6 Å². The first-order chi connectivity index (χ1) is 14.3. The summed E-state index contributed by atoms with van der Waals surface area (Å²) < 4.78 is 0. The minimum atomic E-state index is -0.592. The molecule has 0 aromatic heterocycles. The topological polar surface area (TPSA) is 122 Å². The SMILES string of the molecule is Cc1ccc(NC(=O)c2cc([N+](=O)[O-])ccc2NCCN2C(=O)CCC2=O)cc1Cl. The molecule has 0 unspecified atom stereocenters. The highest BCUT2D eigenvalue weighted by atomic mass is 35.5. The Morgan fingerprint density at radius 1 is 1.17 bits per heavy atom. The predicted octanol–water partition coefficient (Wildman–Crippen LogP) is 3.37. The highest BCUT2D eigenvalue weighted by molar-refractivity contribution is 6.31. The molecule has 0 aliphatic carbocycles. The number of non-ortho nitro benzene ring substituents is 1. The predicted molar refractivity (Wildman–Crippen MR) is 112 cm³/mol. The van der Waals surface area contributed by atoms with Crippen LogP contribution < -0.4 is 10.6 Å². The van der Waals surface area contributed by atoms with E-state index in [1.54, 1.807) is 18.2 Å². The van der Waals surface area contributed by atoms with E-state index >= 15 is 0 Å². The average Bonchev–Trinajstić information content (AvgIpc) is 3.02. The molecule has 0 atom stereocenters. The maximum atomic E-state index is 12.8. The number of likely N-dealkylation sites (tertiary alicyclic amines) is 1. The van der Waals surface area contributed by atoms with Gasteiger partial charge in [-0.25, -0.2) is 0 Å². The lowest BCUT2D eigenvalue weighted by Gasteiger charge is -2.16. The highest BCUT2D eigenvalue weighted by Crippen LogP contribution is 2.25. The lowest BCUT2D eigenvalue weighted by Crippen LogP contribution is -2.33. The number of nitrogens with one attached hydrogen (secondary N) is 2. The van der Waals surface area contributed by atoms with Crippen LogP contribution in [0.25, 0.3) is 0 Å². The molecule has 1 aliphatic rings. The summed E-state index contributed by atoms with van der Waals surface area (Å²) in [6.45, 7) is 2.17. The van der Waals surface area contributed by atoms with Crippen molar-refractivity contribution in [2.75, 3.05) is 23.7 Å². The van der Waals surface area contributed by atoms with Gasteiger partial charge in [0.2, 0.25) is 11.8 Å². The zero-order chi connectivity index (χ0) is 21.8. The van der Waals surface area contributed by atoms with Gasteiger partial charge in [-0.1, -0.05) is 17.7 Å². The van der Waals surface area contributed by atoms with Gasteiger partial charge in [-0.15, -0.1) is 0 Å². The highest BCUT2D eigenvalue weighted by Gasteiger charge is 2.28. The second kappa shape index (κ2) is 8.91. The second-order valence-electron chi connectivity index (χ2n) is 6.77. The van der Waals surface area contributed by atoms with Gasteiger partial charge in [0.15, 0.2) is 0 Å². The number of amides is 3. The van der Waals surface area contributed by atoms with Crippen molar-refractivity contribution in [3.63, 3.8) is 0 Å². The molecule has 3 rings (SSSR count). The molecule has 1 saturated heterocycles. The molecule has 0 radical (unpaired) electrons. The number of aryl methyl sites for hydroxylation is 1. The first kappa shape index (κ1) is 21.3. The van der Waals surface area contributed by atoms with Crippen molar-refractivity contribution in [3.8, 4) is 0 Å². The van der Waals surface area contributed by atoms with E-state index in [1.807, 2.05) is 6.92 Å². The van der Waals surface area contributed by atoms with Crippen LogP contribution in [0.4, 0.5) is 17.1 Å². The molecule has 2 aromatic carbocycles. The summed E-state index contributed by atoms with van der Waals surface area (Å²) in [6, 6.07) is 8.86. The number of halogens is 1. The summed E-state index contributed by atoms with van der Waals surface area (Å²) in [5.74, 6) is -1.03. The molecule has 9 nitrogen and oxygen atoms in total. The van der Waals surface area contributed by atoms with Crippen LogP contribution in [-0.2, 0) is 9.59 Å². The van der Waals surface area contributed by atoms with Crippen LogP contribution in [0.3, 0.4) is 0 Å². The normalized spacial score (nSPS) is 13.5. The molecule has 156 valence electrons. The number of hydrogen-bond donors (Lipinski definition) is 2. The molecule has 3 amide bonds.